The molecule has 1 aromatic carbocycles. The maximum Gasteiger partial charge on any atom is 0.174 e. The Labute approximate surface area is 141 Å². The van der Waals surface area contributed by atoms with Gasteiger partial charge in [-0.25, -0.2) is 4.98 Å². The second kappa shape index (κ2) is 7.13. The molecule has 21 heavy (non-hydrogen) atoms. The molecular weight excluding hydrogens is 400 g/mol. The molecule has 2 rings (SSSR count). The summed E-state index contributed by atoms with van der Waals surface area (Å²) < 4.78 is 12.5. The Morgan fingerprint density at radius 3 is 2.52 bits per heavy atom. The van der Waals surface area contributed by atoms with Crippen molar-refractivity contribution in [1.29, 1.82) is 0 Å². The molecule has 0 amide bonds. The molecule has 0 atom stereocenters. The average Bonchev–Trinajstić information content (AvgIpc) is 2.45. The van der Waals surface area contributed by atoms with Gasteiger partial charge in [-0.15, -0.1) is 0 Å². The van der Waals surface area contributed by atoms with E-state index in [9.17, 15) is 0 Å². The first-order valence-corrected chi connectivity index (χ1v) is 7.90. The molecule has 0 spiro atoms. The molecule has 1 heterocycles. The lowest BCUT2D eigenvalue weighted by Gasteiger charge is -2.13. The van der Waals surface area contributed by atoms with Gasteiger partial charge in [0.15, 0.2) is 11.5 Å². The van der Waals surface area contributed by atoms with Crippen molar-refractivity contribution in [1.82, 2.24) is 4.98 Å². The van der Waals surface area contributed by atoms with Gasteiger partial charge in [0.1, 0.15) is 5.82 Å². The number of benzene rings is 1. The van der Waals surface area contributed by atoms with E-state index in [1.165, 1.54) is 0 Å². The highest BCUT2D eigenvalue weighted by Gasteiger charge is 2.10. The number of anilines is 1. The van der Waals surface area contributed by atoms with Gasteiger partial charge in [-0.1, -0.05) is 0 Å². The summed E-state index contributed by atoms with van der Waals surface area (Å²) in [4.78, 5) is 4.37. The zero-order chi connectivity index (χ0) is 15.4. The predicted octanol–water partition coefficient (Wildman–Crippen LogP) is 4.54. The predicted molar refractivity (Wildman–Crippen MR) is 91.2 cm³/mol. The molecule has 0 radical (unpaired) electrons. The van der Waals surface area contributed by atoms with Crippen LogP contribution in [0.15, 0.2) is 33.3 Å². The van der Waals surface area contributed by atoms with E-state index in [2.05, 4.69) is 42.2 Å². The maximum absolute atomic E-state index is 5.34. The fourth-order valence-corrected chi connectivity index (χ4v) is 3.08. The van der Waals surface area contributed by atoms with Crippen molar-refractivity contribution in [2.24, 2.45) is 0 Å². The van der Waals surface area contributed by atoms with Crippen LogP contribution in [0, 0.1) is 6.92 Å². The third-order valence-corrected chi connectivity index (χ3v) is 4.02. The van der Waals surface area contributed by atoms with Crippen LogP contribution in [-0.2, 0) is 6.54 Å². The summed E-state index contributed by atoms with van der Waals surface area (Å²) in [7, 11) is 3.25. The van der Waals surface area contributed by atoms with Gasteiger partial charge < -0.3 is 14.8 Å². The normalized spacial score (nSPS) is 10.3. The van der Waals surface area contributed by atoms with Crippen LogP contribution in [0.5, 0.6) is 11.5 Å². The van der Waals surface area contributed by atoms with Crippen molar-refractivity contribution in [3.63, 3.8) is 0 Å². The molecule has 0 bridgehead atoms. The van der Waals surface area contributed by atoms with Crippen molar-refractivity contribution < 1.29 is 9.47 Å². The first kappa shape index (κ1) is 16.1. The van der Waals surface area contributed by atoms with Gasteiger partial charge >= 0.3 is 0 Å². The Kier molecular flexibility index (Phi) is 5.47. The van der Waals surface area contributed by atoms with Crippen molar-refractivity contribution in [3.05, 3.63) is 44.5 Å². The lowest BCUT2D eigenvalue weighted by molar-refractivity contribution is 0.352. The Morgan fingerprint density at radius 2 is 1.90 bits per heavy atom. The van der Waals surface area contributed by atoms with Crippen molar-refractivity contribution in [2.75, 3.05) is 19.5 Å². The number of rotatable bonds is 5. The smallest absolute Gasteiger partial charge is 0.174 e. The summed E-state index contributed by atoms with van der Waals surface area (Å²) in [5.74, 6) is 2.26. The van der Waals surface area contributed by atoms with E-state index in [1.54, 1.807) is 20.4 Å². The van der Waals surface area contributed by atoms with E-state index in [0.29, 0.717) is 18.0 Å². The molecule has 0 unspecified atom stereocenters. The highest BCUT2D eigenvalue weighted by Crippen LogP contribution is 2.36. The van der Waals surface area contributed by atoms with Gasteiger partial charge in [0.25, 0.3) is 0 Å². The third-order valence-electron chi connectivity index (χ3n) is 3.00. The second-order valence-corrected chi connectivity index (χ2v) is 6.26. The number of aromatic nitrogens is 1. The number of aryl methyl sites for hydroxylation is 1. The second-order valence-electron chi connectivity index (χ2n) is 4.49. The van der Waals surface area contributed by atoms with Gasteiger partial charge in [-0.3, -0.25) is 0 Å². The number of nitrogens with zero attached hydrogens (tertiary/aromatic N) is 1. The molecule has 112 valence electrons. The number of ether oxygens (including phenoxy) is 2. The Hall–Kier alpha value is -1.27. The van der Waals surface area contributed by atoms with E-state index in [0.717, 1.165) is 25.9 Å². The lowest BCUT2D eigenvalue weighted by Crippen LogP contribution is -2.04. The SMILES string of the molecule is COc1cc(CNc2ncc(Br)cc2C)cc(Br)c1OC. The van der Waals surface area contributed by atoms with Gasteiger partial charge in [0, 0.05) is 17.2 Å². The quantitative estimate of drug-likeness (QED) is 0.778. The van der Waals surface area contributed by atoms with Crippen LogP contribution < -0.4 is 14.8 Å². The number of pyridine rings is 1. The number of methoxy groups -OCH3 is 2. The molecule has 0 aliphatic heterocycles. The topological polar surface area (TPSA) is 43.4 Å². The van der Waals surface area contributed by atoms with Gasteiger partial charge in [-0.2, -0.15) is 0 Å². The largest absolute Gasteiger partial charge is 0.493 e. The standard InChI is InChI=1S/C15H16Br2N2O2/c1-9-4-11(16)8-19-15(9)18-7-10-5-12(17)14(21-3)13(6-10)20-2/h4-6,8H,7H2,1-3H3,(H,18,19). The van der Waals surface area contributed by atoms with Gasteiger partial charge in [0.2, 0.25) is 0 Å². The number of halogens is 2. The first-order chi connectivity index (χ1) is 10.0. The summed E-state index contributed by atoms with van der Waals surface area (Å²) >= 11 is 6.90. The summed E-state index contributed by atoms with van der Waals surface area (Å²) in [6.07, 6.45) is 1.78. The van der Waals surface area contributed by atoms with E-state index in [1.807, 2.05) is 25.1 Å². The van der Waals surface area contributed by atoms with Crippen LogP contribution in [0.25, 0.3) is 0 Å². The summed E-state index contributed by atoms with van der Waals surface area (Å²) in [6.45, 7) is 2.67. The summed E-state index contributed by atoms with van der Waals surface area (Å²) in [5.41, 5.74) is 2.16. The number of hydrogen-bond donors (Lipinski definition) is 1. The minimum atomic E-state index is 0.647. The fourth-order valence-electron chi connectivity index (χ4n) is 1.98. The molecule has 0 saturated heterocycles. The van der Waals surface area contributed by atoms with Crippen molar-refractivity contribution in [2.45, 2.75) is 13.5 Å². The van der Waals surface area contributed by atoms with Gasteiger partial charge in [-0.05, 0) is 68.1 Å². The van der Waals surface area contributed by atoms with Crippen LogP contribution >= 0.6 is 31.9 Å². The monoisotopic (exact) mass is 414 g/mol. The molecule has 4 nitrogen and oxygen atoms in total. The van der Waals surface area contributed by atoms with Crippen LogP contribution in [-0.4, -0.2) is 19.2 Å². The minimum Gasteiger partial charge on any atom is -0.493 e. The van der Waals surface area contributed by atoms with E-state index in [4.69, 9.17) is 9.47 Å². The zero-order valence-corrected chi connectivity index (χ0v) is 15.2. The molecular formula is C15H16Br2N2O2. The zero-order valence-electron chi connectivity index (χ0n) is 12.0. The van der Waals surface area contributed by atoms with Crippen molar-refractivity contribution >= 4 is 37.7 Å². The summed E-state index contributed by atoms with van der Waals surface area (Å²) in [6, 6.07) is 5.98. The maximum atomic E-state index is 5.34. The van der Waals surface area contributed by atoms with Crippen LogP contribution in [0.2, 0.25) is 0 Å². The minimum absolute atomic E-state index is 0.647. The molecule has 0 saturated carbocycles. The van der Waals surface area contributed by atoms with Crippen LogP contribution in [0.4, 0.5) is 5.82 Å². The van der Waals surface area contributed by atoms with E-state index >= 15 is 0 Å². The van der Waals surface area contributed by atoms with Gasteiger partial charge in [0.05, 0.1) is 18.7 Å². The molecule has 2 aromatic rings. The van der Waals surface area contributed by atoms with E-state index in [-0.39, 0.29) is 0 Å². The lowest BCUT2D eigenvalue weighted by atomic mass is 10.2. The molecule has 0 aliphatic rings. The summed E-state index contributed by atoms with van der Waals surface area (Å²) in [5, 5.41) is 3.32. The molecule has 1 aromatic heterocycles. The molecule has 0 fully saturated rings. The van der Waals surface area contributed by atoms with Crippen molar-refractivity contribution in [3.8, 4) is 11.5 Å². The van der Waals surface area contributed by atoms with Crippen LogP contribution in [0.3, 0.4) is 0 Å². The first-order valence-electron chi connectivity index (χ1n) is 6.31. The number of nitrogens with one attached hydrogen (secondary N) is 1. The molecule has 1 N–H and O–H groups in total. The highest BCUT2D eigenvalue weighted by molar-refractivity contribution is 9.10. The highest BCUT2D eigenvalue weighted by atomic mass is 79.9. The number of hydrogen-bond acceptors (Lipinski definition) is 4. The Balaban J connectivity index is 2.18. The molecule has 6 heteroatoms. The average molecular weight is 416 g/mol. The fraction of sp³-hybridized carbons (Fsp3) is 0.267. The Bertz CT molecular complexity index is 648. The third kappa shape index (κ3) is 3.89. The molecule has 0 aliphatic carbocycles. The van der Waals surface area contributed by atoms with E-state index < -0.39 is 0 Å². The van der Waals surface area contributed by atoms with Crippen LogP contribution in [0.1, 0.15) is 11.1 Å². The Morgan fingerprint density at radius 1 is 1.14 bits per heavy atom.